The highest BCUT2D eigenvalue weighted by atomic mass is 31.1. The van der Waals surface area contributed by atoms with Gasteiger partial charge in [0.1, 0.15) is 0 Å². The summed E-state index contributed by atoms with van der Waals surface area (Å²) in [6.07, 6.45) is 0. The Morgan fingerprint density at radius 2 is 0.938 bits per heavy atom. The largest absolute Gasteiger partial charge is 0.678 e. The Labute approximate surface area is 198 Å². The maximum Gasteiger partial charge on any atom is 0.678 e. The molecule has 0 amide bonds. The number of halogens is 2. The molecule has 0 N–H and O–H groups in total. The third-order valence-corrected chi connectivity index (χ3v) is 12.0. The Hall–Kier alpha value is -0.975. The minimum absolute atomic E-state index is 0.422. The standard InChI is InChI=1S/C26H40BF2NP2/c1-17(2)31(18(3)4)25-15-21(9)11-13-23(25)30(27(28)29)24-14-12-22(10)16-26(24)32(19(5)6)20(7)8/h11-20H,1-10H3. The smallest absolute Gasteiger partial charge is 0.325 e. The van der Waals surface area contributed by atoms with Gasteiger partial charge < -0.3 is 4.81 Å². The molecular formula is C26H40BF2NP2. The summed E-state index contributed by atoms with van der Waals surface area (Å²) in [6.45, 7) is 21.9. The van der Waals surface area contributed by atoms with E-state index in [4.69, 9.17) is 0 Å². The van der Waals surface area contributed by atoms with Gasteiger partial charge in [0.2, 0.25) is 0 Å². The number of nitrogens with zero attached hydrogens (tertiary/aromatic N) is 1. The van der Waals surface area contributed by atoms with Crippen LogP contribution in [0.4, 0.5) is 20.0 Å². The van der Waals surface area contributed by atoms with Crippen molar-refractivity contribution in [3.63, 3.8) is 0 Å². The van der Waals surface area contributed by atoms with Crippen LogP contribution in [0.2, 0.25) is 0 Å². The third-order valence-electron chi connectivity index (χ3n) is 5.76. The molecule has 0 atom stereocenters. The number of hydrogen-bond donors (Lipinski definition) is 0. The number of aryl methyl sites for hydroxylation is 2. The van der Waals surface area contributed by atoms with Crippen molar-refractivity contribution in [2.75, 3.05) is 4.81 Å². The van der Waals surface area contributed by atoms with E-state index >= 15 is 0 Å². The second kappa shape index (κ2) is 11.4. The average Bonchev–Trinajstić information content (AvgIpc) is 2.63. The van der Waals surface area contributed by atoms with E-state index in [0.717, 1.165) is 21.7 Å². The fraction of sp³-hybridized carbons (Fsp3) is 0.538. The molecule has 0 aliphatic heterocycles. The van der Waals surface area contributed by atoms with Crippen LogP contribution >= 0.6 is 15.8 Å². The minimum Gasteiger partial charge on any atom is -0.325 e. The summed E-state index contributed by atoms with van der Waals surface area (Å²) in [5.74, 6) is 0. The van der Waals surface area contributed by atoms with E-state index in [1.165, 1.54) is 4.81 Å². The quantitative estimate of drug-likeness (QED) is 0.260. The maximum absolute atomic E-state index is 14.9. The van der Waals surface area contributed by atoms with E-state index in [1.54, 1.807) is 0 Å². The van der Waals surface area contributed by atoms with Crippen molar-refractivity contribution in [1.82, 2.24) is 0 Å². The van der Waals surface area contributed by atoms with E-state index in [9.17, 15) is 8.63 Å². The Bertz CT molecular complexity index is 814. The van der Waals surface area contributed by atoms with Gasteiger partial charge >= 0.3 is 7.40 Å². The van der Waals surface area contributed by atoms with E-state index < -0.39 is 23.2 Å². The molecule has 176 valence electrons. The van der Waals surface area contributed by atoms with E-state index in [2.05, 4.69) is 81.4 Å². The van der Waals surface area contributed by atoms with Crippen LogP contribution in [0, 0.1) is 13.8 Å². The van der Waals surface area contributed by atoms with Crippen molar-refractivity contribution in [3.05, 3.63) is 47.5 Å². The van der Waals surface area contributed by atoms with Crippen LogP contribution in [0.15, 0.2) is 36.4 Å². The molecule has 0 spiro atoms. The SMILES string of the molecule is Cc1ccc(N(B(F)F)c2ccc(C)cc2P(C(C)C)C(C)C)c(P(C(C)C)C(C)C)c1. The number of rotatable bonds is 9. The van der Waals surface area contributed by atoms with Crippen molar-refractivity contribution in [3.8, 4) is 0 Å². The molecule has 1 nitrogen and oxygen atoms in total. The van der Waals surface area contributed by atoms with E-state index in [1.807, 2.05) is 24.3 Å². The van der Waals surface area contributed by atoms with Gasteiger partial charge in [-0.25, -0.2) is 0 Å². The molecule has 0 heterocycles. The van der Waals surface area contributed by atoms with Crippen LogP contribution in [-0.4, -0.2) is 30.0 Å². The summed E-state index contributed by atoms with van der Waals surface area (Å²) >= 11 is 0. The van der Waals surface area contributed by atoms with Gasteiger partial charge in [0, 0.05) is 11.4 Å². The zero-order chi connectivity index (χ0) is 24.3. The molecule has 32 heavy (non-hydrogen) atoms. The van der Waals surface area contributed by atoms with Gasteiger partial charge in [-0.15, -0.1) is 0 Å². The summed E-state index contributed by atoms with van der Waals surface area (Å²) in [6, 6.07) is 12.1. The normalized spacial score (nSPS) is 12.2. The molecule has 2 aromatic rings. The zero-order valence-electron chi connectivity index (χ0n) is 21.4. The second-order valence-corrected chi connectivity index (χ2v) is 16.5. The number of hydrogen-bond acceptors (Lipinski definition) is 1. The lowest BCUT2D eigenvalue weighted by atomic mass is 10.0. The Morgan fingerprint density at radius 3 is 1.19 bits per heavy atom. The summed E-state index contributed by atoms with van der Waals surface area (Å²) in [5.41, 5.74) is 5.29. The van der Waals surface area contributed by atoms with Gasteiger partial charge in [-0.05, 0) is 71.4 Å². The monoisotopic (exact) mass is 477 g/mol. The lowest BCUT2D eigenvalue weighted by Gasteiger charge is -2.36. The number of benzene rings is 2. The van der Waals surface area contributed by atoms with Crippen LogP contribution in [0.25, 0.3) is 0 Å². The van der Waals surface area contributed by atoms with E-state index in [0.29, 0.717) is 34.0 Å². The highest BCUT2D eigenvalue weighted by molar-refractivity contribution is 7.67. The van der Waals surface area contributed by atoms with Gasteiger partial charge in [0.25, 0.3) is 0 Å². The Morgan fingerprint density at radius 1 is 0.625 bits per heavy atom. The Kier molecular flexibility index (Phi) is 9.75. The van der Waals surface area contributed by atoms with Gasteiger partial charge in [-0.2, -0.15) is 0 Å². The molecule has 0 saturated carbocycles. The molecule has 0 bridgehead atoms. The van der Waals surface area contributed by atoms with Crippen molar-refractivity contribution in [2.24, 2.45) is 0 Å². The van der Waals surface area contributed by atoms with Gasteiger partial charge in [0.15, 0.2) is 0 Å². The van der Waals surface area contributed by atoms with Crippen molar-refractivity contribution in [2.45, 2.75) is 91.9 Å². The summed E-state index contributed by atoms with van der Waals surface area (Å²) in [4.78, 5) is 1.32. The summed E-state index contributed by atoms with van der Waals surface area (Å²) in [5, 5.41) is 2.19. The van der Waals surface area contributed by atoms with Crippen molar-refractivity contribution < 1.29 is 8.63 Å². The lowest BCUT2D eigenvalue weighted by Crippen LogP contribution is -2.36. The average molecular weight is 477 g/mol. The predicted octanol–water partition coefficient (Wildman–Crippen LogP) is 8.21. The first-order chi connectivity index (χ1) is 14.9. The van der Waals surface area contributed by atoms with Crippen molar-refractivity contribution >= 4 is 45.2 Å². The fourth-order valence-corrected chi connectivity index (χ4v) is 10.9. The van der Waals surface area contributed by atoms with Crippen LogP contribution in [0.1, 0.15) is 66.5 Å². The second-order valence-electron chi connectivity index (χ2n) is 9.82. The van der Waals surface area contributed by atoms with Gasteiger partial charge in [0.05, 0.1) is 0 Å². The molecule has 0 radical (unpaired) electrons. The molecule has 2 aromatic carbocycles. The lowest BCUT2D eigenvalue weighted by molar-refractivity contribution is 0.657. The first kappa shape index (κ1) is 27.3. The van der Waals surface area contributed by atoms with Gasteiger partial charge in [-0.3, -0.25) is 8.63 Å². The minimum atomic E-state index is -2.61. The molecule has 6 heteroatoms. The Balaban J connectivity index is 2.83. The van der Waals surface area contributed by atoms with Crippen LogP contribution in [0.5, 0.6) is 0 Å². The van der Waals surface area contributed by atoms with Crippen LogP contribution < -0.4 is 15.4 Å². The number of anilines is 2. The summed E-state index contributed by atoms with van der Waals surface area (Å²) in [7, 11) is -3.77. The van der Waals surface area contributed by atoms with Crippen molar-refractivity contribution in [1.29, 1.82) is 0 Å². The van der Waals surface area contributed by atoms with Crippen LogP contribution in [0.3, 0.4) is 0 Å². The third kappa shape index (κ3) is 6.12. The first-order valence-corrected chi connectivity index (χ1v) is 14.7. The molecule has 0 aliphatic carbocycles. The topological polar surface area (TPSA) is 3.24 Å². The molecule has 0 fully saturated rings. The molecule has 0 aliphatic rings. The molecule has 0 aromatic heterocycles. The molecule has 0 unspecified atom stereocenters. The van der Waals surface area contributed by atoms with Gasteiger partial charge in [-0.1, -0.05) is 94.5 Å². The van der Waals surface area contributed by atoms with Crippen LogP contribution in [-0.2, 0) is 0 Å². The molecule has 2 rings (SSSR count). The maximum atomic E-state index is 14.9. The zero-order valence-corrected chi connectivity index (χ0v) is 23.2. The highest BCUT2D eigenvalue weighted by Gasteiger charge is 2.35. The summed E-state index contributed by atoms with van der Waals surface area (Å²) < 4.78 is 29.8. The molecule has 0 saturated heterocycles. The van der Waals surface area contributed by atoms with E-state index in [-0.39, 0.29) is 0 Å². The highest BCUT2D eigenvalue weighted by Crippen LogP contribution is 2.51. The molecular weight excluding hydrogens is 437 g/mol. The predicted molar refractivity (Wildman–Crippen MR) is 146 cm³/mol. The fourth-order valence-electron chi connectivity index (χ4n) is 4.73. The first-order valence-electron chi connectivity index (χ1n) is 11.7.